The van der Waals surface area contributed by atoms with Crippen molar-refractivity contribution in [2.24, 2.45) is 5.10 Å². The molecule has 3 aromatic rings. The van der Waals surface area contributed by atoms with Crippen LogP contribution >= 0.6 is 11.6 Å². The van der Waals surface area contributed by atoms with Gasteiger partial charge in [0.2, 0.25) is 0 Å². The summed E-state index contributed by atoms with van der Waals surface area (Å²) in [5.74, 6) is -0.166. The lowest BCUT2D eigenvalue weighted by Gasteiger charge is -2.11. The summed E-state index contributed by atoms with van der Waals surface area (Å²) in [5, 5.41) is 4.52. The maximum absolute atomic E-state index is 12.4. The number of nitrogens with zero attached hydrogens (tertiary/aromatic N) is 1. The zero-order valence-corrected chi connectivity index (χ0v) is 17.8. The zero-order valence-electron chi connectivity index (χ0n) is 17.1. The molecule has 1 N–H and O–H groups in total. The first-order valence-corrected chi connectivity index (χ1v) is 9.98. The van der Waals surface area contributed by atoms with E-state index in [4.69, 9.17) is 21.1 Å². The summed E-state index contributed by atoms with van der Waals surface area (Å²) in [7, 11) is 0. The number of ether oxygens (including phenoxy) is 2. The molecule has 0 heterocycles. The monoisotopic (exact) mass is 436 g/mol. The Morgan fingerprint density at radius 1 is 0.968 bits per heavy atom. The highest BCUT2D eigenvalue weighted by atomic mass is 35.5. The fourth-order valence-corrected chi connectivity index (χ4v) is 2.76. The molecule has 0 aliphatic rings. The van der Waals surface area contributed by atoms with Crippen molar-refractivity contribution in [3.05, 3.63) is 94.0 Å². The standard InChI is InChI=1S/C24H21ClN2O4/c1-3-30-22-14-17(15-26-27-23(28)18-7-4-16(2)5-8-18)6-13-21(22)31-24(29)19-9-11-20(25)12-10-19/h4-15H,3H2,1-2H3,(H,27,28)/b26-15+. The van der Waals surface area contributed by atoms with Gasteiger partial charge in [-0.2, -0.15) is 5.10 Å². The number of hydrogen-bond donors (Lipinski definition) is 1. The van der Waals surface area contributed by atoms with Crippen LogP contribution < -0.4 is 14.9 Å². The van der Waals surface area contributed by atoms with Crippen LogP contribution in [0.5, 0.6) is 11.5 Å². The van der Waals surface area contributed by atoms with Gasteiger partial charge in [0.1, 0.15) is 0 Å². The van der Waals surface area contributed by atoms with Gasteiger partial charge in [0, 0.05) is 10.6 Å². The number of halogens is 1. The number of carbonyl (C=O) groups is 2. The summed E-state index contributed by atoms with van der Waals surface area (Å²) in [6, 6.07) is 18.6. The summed E-state index contributed by atoms with van der Waals surface area (Å²) in [5.41, 5.74) is 5.11. The Balaban J connectivity index is 1.69. The van der Waals surface area contributed by atoms with Crippen molar-refractivity contribution >= 4 is 29.7 Å². The number of hydrazone groups is 1. The summed E-state index contributed by atoms with van der Waals surface area (Å²) in [6.07, 6.45) is 1.49. The molecule has 0 aliphatic carbocycles. The molecule has 3 rings (SSSR count). The summed E-state index contributed by atoms with van der Waals surface area (Å²) >= 11 is 5.85. The van der Waals surface area contributed by atoms with E-state index in [1.54, 1.807) is 54.6 Å². The lowest BCUT2D eigenvalue weighted by Crippen LogP contribution is -2.17. The molecule has 0 saturated carbocycles. The Labute approximate surface area is 185 Å². The Hall–Kier alpha value is -3.64. The van der Waals surface area contributed by atoms with Crippen LogP contribution in [0.25, 0.3) is 0 Å². The second-order valence-corrected chi connectivity index (χ2v) is 7.04. The van der Waals surface area contributed by atoms with E-state index in [1.165, 1.54) is 6.21 Å². The van der Waals surface area contributed by atoms with Gasteiger partial charge in [0.25, 0.3) is 5.91 Å². The predicted molar refractivity (Wildman–Crippen MR) is 120 cm³/mol. The number of benzene rings is 3. The van der Waals surface area contributed by atoms with E-state index in [0.717, 1.165) is 5.56 Å². The van der Waals surface area contributed by atoms with Crippen molar-refractivity contribution < 1.29 is 19.1 Å². The predicted octanol–water partition coefficient (Wildman–Crippen LogP) is 5.03. The van der Waals surface area contributed by atoms with E-state index in [0.29, 0.717) is 34.1 Å². The lowest BCUT2D eigenvalue weighted by molar-refractivity contribution is 0.0728. The lowest BCUT2D eigenvalue weighted by atomic mass is 10.1. The van der Waals surface area contributed by atoms with Crippen LogP contribution in [0, 0.1) is 6.92 Å². The molecule has 0 aromatic heterocycles. The molecule has 31 heavy (non-hydrogen) atoms. The van der Waals surface area contributed by atoms with Crippen molar-refractivity contribution in [1.29, 1.82) is 0 Å². The number of esters is 1. The molecule has 0 saturated heterocycles. The van der Waals surface area contributed by atoms with Gasteiger partial charge < -0.3 is 9.47 Å². The van der Waals surface area contributed by atoms with Gasteiger partial charge >= 0.3 is 5.97 Å². The average molecular weight is 437 g/mol. The molecule has 6 nitrogen and oxygen atoms in total. The molecule has 0 fully saturated rings. The van der Waals surface area contributed by atoms with Crippen molar-refractivity contribution in [3.63, 3.8) is 0 Å². The summed E-state index contributed by atoms with van der Waals surface area (Å²) in [4.78, 5) is 24.5. The van der Waals surface area contributed by atoms with Crippen molar-refractivity contribution in [1.82, 2.24) is 5.43 Å². The molecular weight excluding hydrogens is 416 g/mol. The first kappa shape index (κ1) is 22.1. The molecular formula is C24H21ClN2O4. The average Bonchev–Trinajstić information content (AvgIpc) is 2.76. The third kappa shape index (κ3) is 6.17. The molecule has 0 atom stereocenters. The third-order valence-corrected chi connectivity index (χ3v) is 4.50. The molecule has 7 heteroatoms. The van der Waals surface area contributed by atoms with Gasteiger partial charge in [-0.3, -0.25) is 4.79 Å². The van der Waals surface area contributed by atoms with E-state index >= 15 is 0 Å². The normalized spacial score (nSPS) is 10.7. The number of carbonyl (C=O) groups excluding carboxylic acids is 2. The Morgan fingerprint density at radius 3 is 2.32 bits per heavy atom. The number of amides is 1. The highest BCUT2D eigenvalue weighted by Gasteiger charge is 2.13. The van der Waals surface area contributed by atoms with Crippen LogP contribution in [0.4, 0.5) is 0 Å². The Bertz CT molecular complexity index is 1090. The topological polar surface area (TPSA) is 77.0 Å². The third-order valence-electron chi connectivity index (χ3n) is 4.24. The summed E-state index contributed by atoms with van der Waals surface area (Å²) in [6.45, 7) is 4.16. The molecule has 0 aliphatic heterocycles. The minimum atomic E-state index is -0.524. The maximum Gasteiger partial charge on any atom is 0.343 e. The van der Waals surface area contributed by atoms with Gasteiger partial charge in [0.05, 0.1) is 18.4 Å². The Morgan fingerprint density at radius 2 is 1.65 bits per heavy atom. The number of aryl methyl sites for hydroxylation is 1. The smallest absolute Gasteiger partial charge is 0.343 e. The van der Waals surface area contributed by atoms with Gasteiger partial charge in [-0.15, -0.1) is 0 Å². The fraction of sp³-hybridized carbons (Fsp3) is 0.125. The molecule has 1 amide bonds. The first-order chi connectivity index (χ1) is 15.0. The van der Waals surface area contributed by atoms with E-state index in [9.17, 15) is 9.59 Å². The van der Waals surface area contributed by atoms with Crippen LogP contribution in [0.3, 0.4) is 0 Å². The Kier molecular flexibility index (Phi) is 7.40. The van der Waals surface area contributed by atoms with Gasteiger partial charge in [-0.05, 0) is 74.0 Å². The second kappa shape index (κ2) is 10.4. The van der Waals surface area contributed by atoms with Gasteiger partial charge in [-0.1, -0.05) is 29.3 Å². The molecule has 0 unspecified atom stereocenters. The zero-order chi connectivity index (χ0) is 22.2. The maximum atomic E-state index is 12.4. The van der Waals surface area contributed by atoms with Crippen molar-refractivity contribution in [3.8, 4) is 11.5 Å². The van der Waals surface area contributed by atoms with Crippen molar-refractivity contribution in [2.45, 2.75) is 13.8 Å². The number of hydrogen-bond acceptors (Lipinski definition) is 5. The highest BCUT2D eigenvalue weighted by molar-refractivity contribution is 6.30. The van der Waals surface area contributed by atoms with E-state index in [2.05, 4.69) is 10.5 Å². The quantitative estimate of drug-likeness (QED) is 0.244. The van der Waals surface area contributed by atoms with E-state index in [-0.39, 0.29) is 11.7 Å². The van der Waals surface area contributed by atoms with Crippen molar-refractivity contribution in [2.75, 3.05) is 6.61 Å². The minimum Gasteiger partial charge on any atom is -0.490 e. The highest BCUT2D eigenvalue weighted by Crippen LogP contribution is 2.29. The van der Waals surface area contributed by atoms with Crippen LogP contribution in [-0.2, 0) is 0 Å². The summed E-state index contributed by atoms with van der Waals surface area (Å²) < 4.78 is 11.1. The van der Waals surface area contributed by atoms with Crippen LogP contribution in [0.1, 0.15) is 38.8 Å². The molecule has 0 radical (unpaired) electrons. The molecule has 3 aromatic carbocycles. The van der Waals surface area contributed by atoms with E-state index < -0.39 is 5.97 Å². The van der Waals surface area contributed by atoms with Gasteiger partial charge in [-0.25, -0.2) is 10.2 Å². The largest absolute Gasteiger partial charge is 0.490 e. The molecule has 158 valence electrons. The number of rotatable bonds is 7. The number of nitrogens with one attached hydrogen (secondary N) is 1. The SMILES string of the molecule is CCOc1cc(/C=N/NC(=O)c2ccc(C)cc2)ccc1OC(=O)c1ccc(Cl)cc1. The van der Waals surface area contributed by atoms with E-state index in [1.807, 2.05) is 26.0 Å². The second-order valence-electron chi connectivity index (χ2n) is 6.60. The molecule has 0 spiro atoms. The minimum absolute atomic E-state index is 0.280. The van der Waals surface area contributed by atoms with Crippen LogP contribution in [-0.4, -0.2) is 24.7 Å². The first-order valence-electron chi connectivity index (χ1n) is 9.61. The van der Waals surface area contributed by atoms with Gasteiger partial charge in [0.15, 0.2) is 11.5 Å². The van der Waals surface area contributed by atoms with Crippen LogP contribution in [0.15, 0.2) is 71.8 Å². The molecule has 0 bridgehead atoms. The van der Waals surface area contributed by atoms with Crippen LogP contribution in [0.2, 0.25) is 5.02 Å². The fourth-order valence-electron chi connectivity index (χ4n) is 2.64.